The van der Waals surface area contributed by atoms with E-state index in [0.717, 1.165) is 25.9 Å². The second kappa shape index (κ2) is 6.41. The number of nitro benzene ring substituents is 1. The zero-order valence-corrected chi connectivity index (χ0v) is 11.7. The molecule has 1 unspecified atom stereocenters. The van der Waals surface area contributed by atoms with E-state index >= 15 is 0 Å². The predicted octanol–water partition coefficient (Wildman–Crippen LogP) is 3.88. The highest BCUT2D eigenvalue weighted by atomic mass is 35.5. The van der Waals surface area contributed by atoms with Crippen molar-refractivity contribution >= 4 is 34.6 Å². The maximum atomic E-state index is 11.0. The van der Waals surface area contributed by atoms with Gasteiger partial charge in [-0.15, -0.1) is 0 Å². The Balaban J connectivity index is 2.09. The lowest BCUT2D eigenvalue weighted by Gasteiger charge is -2.23. The van der Waals surface area contributed by atoms with E-state index in [-0.39, 0.29) is 16.8 Å². The van der Waals surface area contributed by atoms with Gasteiger partial charge in [0.1, 0.15) is 5.69 Å². The minimum absolute atomic E-state index is 0.0785. The van der Waals surface area contributed by atoms with Crippen LogP contribution in [0.1, 0.15) is 19.3 Å². The van der Waals surface area contributed by atoms with Gasteiger partial charge < -0.3 is 10.1 Å². The van der Waals surface area contributed by atoms with Gasteiger partial charge in [-0.1, -0.05) is 23.2 Å². The molecule has 1 N–H and O–H groups in total. The second-order valence-corrected chi connectivity index (χ2v) is 5.22. The van der Waals surface area contributed by atoms with Crippen molar-refractivity contribution in [1.29, 1.82) is 0 Å². The van der Waals surface area contributed by atoms with Gasteiger partial charge >= 0.3 is 0 Å². The molecule has 1 heterocycles. The number of benzene rings is 1. The van der Waals surface area contributed by atoms with Crippen LogP contribution in [-0.4, -0.2) is 24.2 Å². The number of halogens is 2. The monoisotopic (exact) mass is 304 g/mol. The van der Waals surface area contributed by atoms with Crippen LogP contribution in [0.2, 0.25) is 10.0 Å². The standard InChI is InChI=1S/C12H14Cl2N2O3/c13-9-5-11(12(16(17)18)6-10(9)14)15-7-8-3-1-2-4-19-8/h5-6,8,15H,1-4,7H2. The van der Waals surface area contributed by atoms with Gasteiger partial charge in [0, 0.05) is 19.2 Å². The van der Waals surface area contributed by atoms with Crippen molar-refractivity contribution in [3.05, 3.63) is 32.3 Å². The van der Waals surface area contributed by atoms with E-state index < -0.39 is 4.92 Å². The van der Waals surface area contributed by atoms with Gasteiger partial charge in [-0.2, -0.15) is 0 Å². The van der Waals surface area contributed by atoms with E-state index in [1.165, 1.54) is 12.1 Å². The molecule has 1 fully saturated rings. The van der Waals surface area contributed by atoms with E-state index in [1.807, 2.05) is 0 Å². The number of ether oxygens (including phenoxy) is 1. The number of anilines is 1. The summed E-state index contributed by atoms with van der Waals surface area (Å²) in [5.74, 6) is 0. The molecule has 1 saturated heterocycles. The molecular formula is C12H14Cl2N2O3. The fourth-order valence-corrected chi connectivity index (χ4v) is 2.34. The molecule has 0 amide bonds. The summed E-state index contributed by atoms with van der Waals surface area (Å²) in [5, 5.41) is 14.5. The first kappa shape index (κ1) is 14.4. The highest BCUT2D eigenvalue weighted by Gasteiger charge is 2.19. The van der Waals surface area contributed by atoms with Crippen LogP contribution in [0, 0.1) is 10.1 Å². The lowest BCUT2D eigenvalue weighted by Crippen LogP contribution is -2.27. The van der Waals surface area contributed by atoms with Gasteiger partial charge in [-0.05, 0) is 25.3 Å². The fourth-order valence-electron chi connectivity index (χ4n) is 2.02. The smallest absolute Gasteiger partial charge is 0.293 e. The predicted molar refractivity (Wildman–Crippen MR) is 75.2 cm³/mol. The molecule has 104 valence electrons. The number of hydrogen-bond donors (Lipinski definition) is 1. The summed E-state index contributed by atoms with van der Waals surface area (Å²) in [6.45, 7) is 1.27. The third-order valence-electron chi connectivity index (χ3n) is 3.03. The molecule has 7 heteroatoms. The van der Waals surface area contributed by atoms with Crippen LogP contribution in [0.15, 0.2) is 12.1 Å². The minimum atomic E-state index is -0.480. The Labute approximate surface area is 121 Å². The van der Waals surface area contributed by atoms with Crippen molar-refractivity contribution in [1.82, 2.24) is 0 Å². The third kappa shape index (κ3) is 3.72. The molecule has 1 aliphatic rings. The molecule has 0 saturated carbocycles. The highest BCUT2D eigenvalue weighted by Crippen LogP contribution is 2.34. The van der Waals surface area contributed by atoms with Crippen LogP contribution in [0.5, 0.6) is 0 Å². The molecule has 1 aromatic carbocycles. The van der Waals surface area contributed by atoms with E-state index in [4.69, 9.17) is 27.9 Å². The van der Waals surface area contributed by atoms with Crippen LogP contribution in [-0.2, 0) is 4.74 Å². The molecule has 1 aromatic rings. The summed E-state index contributed by atoms with van der Waals surface area (Å²) in [6, 6.07) is 2.73. The molecule has 0 aliphatic carbocycles. The summed E-state index contributed by atoms with van der Waals surface area (Å²) >= 11 is 11.7. The number of rotatable bonds is 4. The van der Waals surface area contributed by atoms with Crippen molar-refractivity contribution < 1.29 is 9.66 Å². The van der Waals surface area contributed by atoms with Gasteiger partial charge in [0.15, 0.2) is 0 Å². The number of hydrogen-bond acceptors (Lipinski definition) is 4. The molecule has 0 bridgehead atoms. The lowest BCUT2D eigenvalue weighted by molar-refractivity contribution is -0.383. The average molecular weight is 305 g/mol. The Kier molecular flexibility index (Phi) is 4.85. The molecule has 0 aromatic heterocycles. The van der Waals surface area contributed by atoms with Crippen molar-refractivity contribution in [2.45, 2.75) is 25.4 Å². The molecule has 5 nitrogen and oxygen atoms in total. The van der Waals surface area contributed by atoms with E-state index in [9.17, 15) is 10.1 Å². The summed E-state index contributed by atoms with van der Waals surface area (Å²) in [6.07, 6.45) is 3.24. The maximum absolute atomic E-state index is 11.0. The minimum Gasteiger partial charge on any atom is -0.377 e. The zero-order valence-electron chi connectivity index (χ0n) is 10.2. The Morgan fingerprint density at radius 1 is 1.37 bits per heavy atom. The number of nitro groups is 1. The zero-order chi connectivity index (χ0) is 13.8. The molecule has 19 heavy (non-hydrogen) atoms. The quantitative estimate of drug-likeness (QED) is 0.677. The normalized spacial score (nSPS) is 19.2. The summed E-state index contributed by atoms with van der Waals surface area (Å²) in [4.78, 5) is 10.5. The number of nitrogens with zero attached hydrogens (tertiary/aromatic N) is 1. The highest BCUT2D eigenvalue weighted by molar-refractivity contribution is 6.42. The van der Waals surface area contributed by atoms with Crippen LogP contribution in [0.25, 0.3) is 0 Å². The van der Waals surface area contributed by atoms with Gasteiger partial charge in [0.05, 0.1) is 21.1 Å². The van der Waals surface area contributed by atoms with Crippen LogP contribution in [0.4, 0.5) is 11.4 Å². The SMILES string of the molecule is O=[N+]([O-])c1cc(Cl)c(Cl)cc1NCC1CCCCO1. The molecule has 1 aliphatic heterocycles. The van der Waals surface area contributed by atoms with Gasteiger partial charge in [0.2, 0.25) is 0 Å². The lowest BCUT2D eigenvalue weighted by atomic mass is 10.1. The third-order valence-corrected chi connectivity index (χ3v) is 3.75. The Bertz CT molecular complexity index is 476. The van der Waals surface area contributed by atoms with E-state index in [1.54, 1.807) is 0 Å². The van der Waals surface area contributed by atoms with Crippen LogP contribution in [0.3, 0.4) is 0 Å². The first-order valence-corrected chi connectivity index (χ1v) is 6.82. The Morgan fingerprint density at radius 2 is 2.11 bits per heavy atom. The van der Waals surface area contributed by atoms with E-state index in [2.05, 4.69) is 5.32 Å². The van der Waals surface area contributed by atoms with Gasteiger partial charge in [-0.3, -0.25) is 10.1 Å². The average Bonchev–Trinajstić information content (AvgIpc) is 2.40. The number of nitrogens with one attached hydrogen (secondary N) is 1. The van der Waals surface area contributed by atoms with Crippen molar-refractivity contribution in [2.75, 3.05) is 18.5 Å². The Morgan fingerprint density at radius 3 is 2.74 bits per heavy atom. The molecular weight excluding hydrogens is 291 g/mol. The van der Waals surface area contributed by atoms with Crippen LogP contribution < -0.4 is 5.32 Å². The van der Waals surface area contributed by atoms with Crippen LogP contribution >= 0.6 is 23.2 Å². The molecule has 0 spiro atoms. The van der Waals surface area contributed by atoms with Crippen molar-refractivity contribution in [3.8, 4) is 0 Å². The maximum Gasteiger partial charge on any atom is 0.293 e. The molecule has 2 rings (SSSR count). The van der Waals surface area contributed by atoms with Crippen molar-refractivity contribution in [3.63, 3.8) is 0 Å². The van der Waals surface area contributed by atoms with E-state index in [0.29, 0.717) is 17.3 Å². The van der Waals surface area contributed by atoms with Gasteiger partial charge in [0.25, 0.3) is 5.69 Å². The molecule has 0 radical (unpaired) electrons. The topological polar surface area (TPSA) is 64.4 Å². The molecule has 1 atom stereocenters. The largest absolute Gasteiger partial charge is 0.377 e. The Hall–Kier alpha value is -1.04. The summed E-state index contributed by atoms with van der Waals surface area (Å²) in [5.41, 5.74) is 0.291. The fraction of sp³-hybridized carbons (Fsp3) is 0.500. The second-order valence-electron chi connectivity index (χ2n) is 4.41. The summed E-state index contributed by atoms with van der Waals surface area (Å²) < 4.78 is 5.56. The first-order chi connectivity index (χ1) is 9.08. The van der Waals surface area contributed by atoms with Crippen molar-refractivity contribution in [2.24, 2.45) is 0 Å². The summed E-state index contributed by atoms with van der Waals surface area (Å²) in [7, 11) is 0. The van der Waals surface area contributed by atoms with Gasteiger partial charge in [-0.25, -0.2) is 0 Å². The first-order valence-electron chi connectivity index (χ1n) is 6.07.